The Bertz CT molecular complexity index is 495. The molecule has 1 saturated heterocycles. The maximum absolute atomic E-state index is 10.6. The minimum absolute atomic E-state index is 0.153. The maximum atomic E-state index is 10.6. The van der Waals surface area contributed by atoms with Crippen LogP contribution in [-0.4, -0.2) is 25.4 Å². The number of hydrogen-bond donors (Lipinski definition) is 0. The monoisotopic (exact) mass is 273 g/mol. The van der Waals surface area contributed by atoms with E-state index in [-0.39, 0.29) is 11.6 Å². The largest absolute Gasteiger partial charge is 0.488 e. The Kier molecular flexibility index (Phi) is 3.86. The molecule has 20 heavy (non-hydrogen) atoms. The van der Waals surface area contributed by atoms with Crippen LogP contribution in [0.5, 0.6) is 5.75 Å². The van der Waals surface area contributed by atoms with Gasteiger partial charge in [0.05, 0.1) is 12.1 Å². The van der Waals surface area contributed by atoms with Gasteiger partial charge in [-0.15, -0.1) is 0 Å². The lowest BCUT2D eigenvalue weighted by atomic mass is 9.72. The third-order valence-electron chi connectivity index (χ3n) is 4.25. The maximum Gasteiger partial charge on any atom is 0.235 e. The van der Waals surface area contributed by atoms with Gasteiger partial charge in [-0.3, -0.25) is 0 Å². The van der Waals surface area contributed by atoms with E-state index in [1.54, 1.807) is 6.08 Å². The van der Waals surface area contributed by atoms with Crippen molar-refractivity contribution in [3.63, 3.8) is 0 Å². The highest BCUT2D eigenvalue weighted by Gasteiger charge is 2.38. The van der Waals surface area contributed by atoms with Crippen LogP contribution in [0.2, 0.25) is 0 Å². The summed E-state index contributed by atoms with van der Waals surface area (Å²) in [6.07, 6.45) is 6.94. The summed E-state index contributed by atoms with van der Waals surface area (Å²) in [6.45, 7) is 1.51. The molecule has 1 aliphatic carbocycles. The summed E-state index contributed by atoms with van der Waals surface area (Å²) in [4.78, 5) is 14.6. The second kappa shape index (κ2) is 5.78. The second-order valence-corrected chi connectivity index (χ2v) is 5.57. The molecule has 106 valence electrons. The van der Waals surface area contributed by atoms with Gasteiger partial charge in [-0.25, -0.2) is 4.79 Å². The van der Waals surface area contributed by atoms with E-state index in [2.05, 4.69) is 4.99 Å². The van der Waals surface area contributed by atoms with Crippen LogP contribution in [0.25, 0.3) is 0 Å². The van der Waals surface area contributed by atoms with Crippen molar-refractivity contribution < 1.29 is 14.3 Å². The molecule has 1 unspecified atom stereocenters. The van der Waals surface area contributed by atoms with Crippen LogP contribution < -0.4 is 4.74 Å². The molecule has 1 atom stereocenters. The molecule has 0 bridgehead atoms. The van der Waals surface area contributed by atoms with Crippen molar-refractivity contribution >= 4 is 6.08 Å². The molecule has 0 N–H and O–H groups in total. The number of benzene rings is 1. The van der Waals surface area contributed by atoms with E-state index in [4.69, 9.17) is 9.47 Å². The van der Waals surface area contributed by atoms with Gasteiger partial charge in [0.2, 0.25) is 6.08 Å². The lowest BCUT2D eigenvalue weighted by Gasteiger charge is -2.37. The first-order valence-corrected chi connectivity index (χ1v) is 7.26. The molecule has 1 heterocycles. The SMILES string of the molecule is O=C=NC1(c2ccc(OC3CCCOC3)cc2)CCC1. The van der Waals surface area contributed by atoms with Crippen LogP contribution in [0.4, 0.5) is 0 Å². The molecule has 0 radical (unpaired) electrons. The Morgan fingerprint density at radius 1 is 1.25 bits per heavy atom. The molecule has 0 spiro atoms. The summed E-state index contributed by atoms with van der Waals surface area (Å²) in [5, 5.41) is 0. The molecule has 3 rings (SSSR count). The number of rotatable bonds is 4. The molecule has 0 aromatic heterocycles. The Labute approximate surface area is 118 Å². The highest BCUT2D eigenvalue weighted by atomic mass is 16.5. The predicted octanol–water partition coefficient (Wildman–Crippen LogP) is 2.96. The van der Waals surface area contributed by atoms with Gasteiger partial charge in [0, 0.05) is 6.61 Å². The van der Waals surface area contributed by atoms with E-state index in [0.29, 0.717) is 6.61 Å². The van der Waals surface area contributed by atoms with Crippen molar-refractivity contribution in [3.05, 3.63) is 29.8 Å². The average Bonchev–Trinajstić information content (AvgIpc) is 2.45. The summed E-state index contributed by atoms with van der Waals surface area (Å²) in [5.41, 5.74) is 0.758. The predicted molar refractivity (Wildman–Crippen MR) is 74.6 cm³/mol. The first kappa shape index (κ1) is 13.3. The first-order chi connectivity index (χ1) is 9.82. The van der Waals surface area contributed by atoms with Gasteiger partial charge >= 0.3 is 0 Å². The van der Waals surface area contributed by atoms with Crippen molar-refractivity contribution in [1.29, 1.82) is 0 Å². The van der Waals surface area contributed by atoms with E-state index in [9.17, 15) is 4.79 Å². The molecule has 0 amide bonds. The average molecular weight is 273 g/mol. The van der Waals surface area contributed by atoms with Gasteiger partial charge in [0.15, 0.2) is 0 Å². The third-order valence-corrected chi connectivity index (χ3v) is 4.25. The van der Waals surface area contributed by atoms with Crippen LogP contribution >= 0.6 is 0 Å². The molecule has 2 aliphatic rings. The minimum Gasteiger partial charge on any atom is -0.488 e. The summed E-state index contributed by atoms with van der Waals surface area (Å²) in [5.74, 6) is 0.855. The normalized spacial score (nSPS) is 24.3. The first-order valence-electron chi connectivity index (χ1n) is 7.26. The van der Waals surface area contributed by atoms with Crippen molar-refractivity contribution in [1.82, 2.24) is 0 Å². The van der Waals surface area contributed by atoms with Gasteiger partial charge in [-0.05, 0) is 49.8 Å². The summed E-state index contributed by atoms with van der Waals surface area (Å²) in [7, 11) is 0. The molecule has 1 saturated carbocycles. The number of aliphatic imine (C=N–C) groups is 1. The Hall–Kier alpha value is -1.64. The fraction of sp³-hybridized carbons (Fsp3) is 0.562. The summed E-state index contributed by atoms with van der Waals surface area (Å²) < 4.78 is 11.3. The Morgan fingerprint density at radius 3 is 2.60 bits per heavy atom. The van der Waals surface area contributed by atoms with Crippen LogP contribution in [-0.2, 0) is 15.1 Å². The molecule has 1 aromatic rings. The number of isocyanates is 1. The molecule has 1 aliphatic heterocycles. The fourth-order valence-electron chi connectivity index (χ4n) is 2.90. The molecular formula is C16H19NO3. The molecule has 4 nitrogen and oxygen atoms in total. The van der Waals surface area contributed by atoms with Crippen molar-refractivity contribution in [2.24, 2.45) is 4.99 Å². The molecule has 4 heteroatoms. The number of nitrogens with zero attached hydrogens (tertiary/aromatic N) is 1. The molecule has 2 fully saturated rings. The van der Waals surface area contributed by atoms with Gasteiger partial charge in [-0.1, -0.05) is 12.1 Å². The van der Waals surface area contributed by atoms with Crippen LogP contribution in [0.3, 0.4) is 0 Å². The van der Waals surface area contributed by atoms with Crippen molar-refractivity contribution in [2.45, 2.75) is 43.7 Å². The molecule has 1 aromatic carbocycles. The van der Waals surface area contributed by atoms with Gasteiger partial charge in [0.25, 0.3) is 0 Å². The third kappa shape index (κ3) is 2.62. The van der Waals surface area contributed by atoms with Crippen LogP contribution in [0, 0.1) is 0 Å². The number of hydrogen-bond acceptors (Lipinski definition) is 4. The van der Waals surface area contributed by atoms with Gasteiger partial charge < -0.3 is 9.47 Å². The standard InChI is InChI=1S/C16H19NO3/c18-12-17-16(8-2-9-16)13-4-6-14(7-5-13)20-15-3-1-10-19-11-15/h4-7,15H,1-3,8-11H2. The zero-order chi connectivity index (χ0) is 13.8. The quantitative estimate of drug-likeness (QED) is 0.626. The number of ether oxygens (including phenoxy) is 2. The zero-order valence-electron chi connectivity index (χ0n) is 11.5. The zero-order valence-corrected chi connectivity index (χ0v) is 11.5. The number of carbonyl (C=O) groups excluding carboxylic acids is 1. The lowest BCUT2D eigenvalue weighted by Crippen LogP contribution is -2.32. The lowest BCUT2D eigenvalue weighted by molar-refractivity contribution is 0.00741. The van der Waals surface area contributed by atoms with E-state index >= 15 is 0 Å². The minimum atomic E-state index is -0.325. The van der Waals surface area contributed by atoms with Crippen molar-refractivity contribution in [3.8, 4) is 5.75 Å². The van der Waals surface area contributed by atoms with Crippen LogP contribution in [0.15, 0.2) is 29.3 Å². The highest BCUT2D eigenvalue weighted by Crippen LogP contribution is 2.44. The van der Waals surface area contributed by atoms with E-state index in [1.165, 1.54) is 0 Å². The van der Waals surface area contributed by atoms with E-state index in [1.807, 2.05) is 24.3 Å². The second-order valence-electron chi connectivity index (χ2n) is 5.57. The van der Waals surface area contributed by atoms with Gasteiger partial charge in [-0.2, -0.15) is 4.99 Å². The smallest absolute Gasteiger partial charge is 0.235 e. The topological polar surface area (TPSA) is 47.9 Å². The van der Waals surface area contributed by atoms with Crippen LogP contribution in [0.1, 0.15) is 37.7 Å². The Balaban J connectivity index is 1.69. The summed E-state index contributed by atoms with van der Waals surface area (Å²) in [6, 6.07) is 7.95. The molecular weight excluding hydrogens is 254 g/mol. The van der Waals surface area contributed by atoms with E-state index < -0.39 is 0 Å². The van der Waals surface area contributed by atoms with Crippen molar-refractivity contribution in [2.75, 3.05) is 13.2 Å². The fourth-order valence-corrected chi connectivity index (χ4v) is 2.90. The van der Waals surface area contributed by atoms with E-state index in [0.717, 1.165) is 50.0 Å². The van der Waals surface area contributed by atoms with Gasteiger partial charge in [0.1, 0.15) is 11.9 Å². The Morgan fingerprint density at radius 2 is 2.05 bits per heavy atom. The highest BCUT2D eigenvalue weighted by molar-refractivity contribution is 5.40. The summed E-state index contributed by atoms with van der Waals surface area (Å²) >= 11 is 0.